The van der Waals surface area contributed by atoms with Gasteiger partial charge in [-0.25, -0.2) is 13.1 Å². The fourth-order valence-electron chi connectivity index (χ4n) is 4.97. The van der Waals surface area contributed by atoms with Crippen LogP contribution in [-0.4, -0.2) is 81.7 Å². The number of hydrogen-bond acceptors (Lipinski definition) is 9. The van der Waals surface area contributed by atoms with E-state index in [0.29, 0.717) is 25.2 Å². The topological polar surface area (TPSA) is 172 Å². The van der Waals surface area contributed by atoms with E-state index in [0.717, 1.165) is 31.5 Å². The number of amides is 1. The van der Waals surface area contributed by atoms with Crippen molar-refractivity contribution >= 4 is 34.0 Å². The van der Waals surface area contributed by atoms with Crippen LogP contribution in [0, 0.1) is 11.8 Å². The second-order valence-electron chi connectivity index (χ2n) is 10.1. The second kappa shape index (κ2) is 13.2. The number of rotatable bonds is 13. The van der Waals surface area contributed by atoms with Crippen LogP contribution in [0.5, 0.6) is 0 Å². The summed E-state index contributed by atoms with van der Waals surface area (Å²) < 4.78 is 71.3. The molecular weight excluding hydrogens is 569 g/mol. The quantitative estimate of drug-likeness (QED) is 0.0826. The Kier molecular flexibility index (Phi) is 10.4. The molecule has 2 unspecified atom stereocenters. The van der Waals surface area contributed by atoms with Gasteiger partial charge in [-0.15, -0.1) is 0 Å². The number of esters is 1. The van der Waals surface area contributed by atoms with Crippen LogP contribution in [0.3, 0.4) is 0 Å². The minimum absolute atomic E-state index is 0.0139. The van der Waals surface area contributed by atoms with Crippen molar-refractivity contribution in [1.82, 2.24) is 20.3 Å². The van der Waals surface area contributed by atoms with Crippen LogP contribution in [0.1, 0.15) is 38.7 Å². The Labute approximate surface area is 236 Å². The van der Waals surface area contributed by atoms with E-state index in [9.17, 15) is 36.0 Å². The number of carbonyl (C=O) groups excluding carboxylic acids is 3. The number of ether oxygens (including phenoxy) is 1. The molecule has 16 heteroatoms. The molecule has 1 aliphatic heterocycles. The molecule has 2 fully saturated rings. The number of piperidine rings is 1. The van der Waals surface area contributed by atoms with Gasteiger partial charge in [0.1, 0.15) is 6.34 Å². The molecule has 5 N–H and O–H groups in total. The minimum atomic E-state index is -4.65. The fourth-order valence-corrected chi connectivity index (χ4v) is 6.17. The summed E-state index contributed by atoms with van der Waals surface area (Å²) in [6.45, 7) is 4.35. The molecular formula is C25H35F3N6O6S. The van der Waals surface area contributed by atoms with Crippen LogP contribution in [0.2, 0.25) is 0 Å². The predicted octanol–water partition coefficient (Wildman–Crippen LogP) is 0.583. The van der Waals surface area contributed by atoms with Crippen molar-refractivity contribution < 1.29 is 40.7 Å². The van der Waals surface area contributed by atoms with Crippen LogP contribution >= 0.6 is 0 Å². The molecule has 0 radical (unpaired) electrons. The zero-order valence-corrected chi connectivity index (χ0v) is 23.6. The van der Waals surface area contributed by atoms with Crippen LogP contribution in [0.15, 0.2) is 34.3 Å². The molecule has 2 aliphatic rings. The molecule has 4 atom stereocenters. The highest BCUT2D eigenvalue weighted by Gasteiger charge is 2.64. The SMILES string of the molecule is CCOC(=O)CNC1(C(=O)[C@H](C)NS(=O)(=O)c2ccc(C(F)(F)F)cc2)CC1C(=O)NC[C@@H]1CCCN(C=NN)C1. The zero-order valence-electron chi connectivity index (χ0n) is 22.7. The number of nitrogens with zero attached hydrogens (tertiary/aromatic N) is 2. The normalized spacial score (nSPS) is 23.7. The molecule has 1 amide bonds. The number of nitrogens with two attached hydrogens (primary N) is 1. The Morgan fingerprint density at radius 3 is 2.56 bits per heavy atom. The summed E-state index contributed by atoms with van der Waals surface area (Å²) in [5, 5.41) is 9.17. The number of benzene rings is 1. The Balaban J connectivity index is 1.70. The Morgan fingerprint density at radius 1 is 1.27 bits per heavy atom. The van der Waals surface area contributed by atoms with E-state index in [1.165, 1.54) is 13.3 Å². The Hall–Kier alpha value is -3.24. The fraction of sp³-hybridized carbons (Fsp3) is 0.600. The third kappa shape index (κ3) is 8.16. The van der Waals surface area contributed by atoms with Crippen molar-refractivity contribution in [2.75, 3.05) is 32.8 Å². The largest absolute Gasteiger partial charge is 0.465 e. The monoisotopic (exact) mass is 604 g/mol. The van der Waals surface area contributed by atoms with Crippen LogP contribution in [0.25, 0.3) is 0 Å². The lowest BCUT2D eigenvalue weighted by Crippen LogP contribution is -2.54. The molecule has 0 aromatic heterocycles. The number of hydrazone groups is 1. The molecule has 0 bridgehead atoms. The number of sulfonamides is 1. The number of carbonyl (C=O) groups is 3. The number of Topliss-reactive ketones (excluding diaryl/α,β-unsaturated/α-hetero) is 1. The summed E-state index contributed by atoms with van der Waals surface area (Å²) in [6, 6.07) is 1.45. The van der Waals surface area contributed by atoms with Crippen molar-refractivity contribution in [2.45, 2.75) is 55.8 Å². The average Bonchev–Trinajstić information content (AvgIpc) is 3.66. The van der Waals surface area contributed by atoms with Crippen LogP contribution < -0.4 is 21.2 Å². The summed E-state index contributed by atoms with van der Waals surface area (Å²) in [7, 11) is -4.39. The van der Waals surface area contributed by atoms with Gasteiger partial charge in [0, 0.05) is 19.6 Å². The summed E-state index contributed by atoms with van der Waals surface area (Å²) in [5.74, 6) is 2.67. The summed E-state index contributed by atoms with van der Waals surface area (Å²) in [4.78, 5) is 40.1. The van der Waals surface area contributed by atoms with E-state index in [-0.39, 0.29) is 18.9 Å². The van der Waals surface area contributed by atoms with Gasteiger partial charge < -0.3 is 20.8 Å². The van der Waals surface area contributed by atoms with Gasteiger partial charge in [-0.05, 0) is 63.3 Å². The average molecular weight is 605 g/mol. The maximum absolute atomic E-state index is 13.5. The minimum Gasteiger partial charge on any atom is -0.465 e. The van der Waals surface area contributed by atoms with Crippen molar-refractivity contribution in [3.8, 4) is 0 Å². The first-order valence-corrected chi connectivity index (χ1v) is 14.6. The lowest BCUT2D eigenvalue weighted by atomic mass is 9.98. The second-order valence-corrected chi connectivity index (χ2v) is 11.8. The summed E-state index contributed by atoms with van der Waals surface area (Å²) in [5.41, 5.74) is -2.56. The zero-order chi connectivity index (χ0) is 30.4. The van der Waals surface area contributed by atoms with Gasteiger partial charge >= 0.3 is 12.1 Å². The number of likely N-dealkylation sites (tertiary alicyclic amines) is 1. The number of hydrogen-bond donors (Lipinski definition) is 4. The van der Waals surface area contributed by atoms with Gasteiger partial charge in [0.15, 0.2) is 5.78 Å². The number of halogens is 3. The Morgan fingerprint density at radius 2 is 1.95 bits per heavy atom. The highest BCUT2D eigenvalue weighted by molar-refractivity contribution is 7.89. The van der Waals surface area contributed by atoms with E-state index >= 15 is 0 Å². The van der Waals surface area contributed by atoms with E-state index < -0.39 is 68.4 Å². The van der Waals surface area contributed by atoms with Gasteiger partial charge in [-0.3, -0.25) is 19.7 Å². The molecule has 1 saturated heterocycles. The maximum Gasteiger partial charge on any atom is 0.416 e. The molecule has 12 nitrogen and oxygen atoms in total. The van der Waals surface area contributed by atoms with Gasteiger partial charge in [-0.1, -0.05) is 0 Å². The van der Waals surface area contributed by atoms with Gasteiger partial charge in [-0.2, -0.15) is 18.3 Å². The van der Waals surface area contributed by atoms with Crippen LogP contribution in [-0.2, 0) is 35.3 Å². The smallest absolute Gasteiger partial charge is 0.416 e. The first-order chi connectivity index (χ1) is 19.2. The number of ketones is 1. The van der Waals surface area contributed by atoms with E-state index in [1.54, 1.807) is 6.92 Å². The highest BCUT2D eigenvalue weighted by Crippen LogP contribution is 2.45. The molecule has 0 spiro atoms. The van der Waals surface area contributed by atoms with Gasteiger partial charge in [0.05, 0.1) is 41.1 Å². The lowest BCUT2D eigenvalue weighted by Gasteiger charge is -2.31. The molecule has 228 valence electrons. The molecule has 41 heavy (non-hydrogen) atoms. The first kappa shape index (κ1) is 32.3. The summed E-state index contributed by atoms with van der Waals surface area (Å²) >= 11 is 0. The van der Waals surface area contributed by atoms with E-state index in [1.807, 2.05) is 4.90 Å². The number of nitrogens with one attached hydrogen (secondary N) is 3. The summed E-state index contributed by atoms with van der Waals surface area (Å²) in [6.07, 6.45) is -1.35. The van der Waals surface area contributed by atoms with E-state index in [2.05, 4.69) is 20.5 Å². The molecule has 1 aromatic rings. The predicted molar refractivity (Wildman–Crippen MR) is 142 cm³/mol. The lowest BCUT2D eigenvalue weighted by molar-refractivity contribution is -0.142. The van der Waals surface area contributed by atoms with Crippen molar-refractivity contribution in [3.05, 3.63) is 29.8 Å². The van der Waals surface area contributed by atoms with E-state index in [4.69, 9.17) is 10.6 Å². The van der Waals surface area contributed by atoms with Gasteiger partial charge in [0.2, 0.25) is 15.9 Å². The van der Waals surface area contributed by atoms with Crippen molar-refractivity contribution in [2.24, 2.45) is 22.8 Å². The third-order valence-corrected chi connectivity index (χ3v) is 8.69. The molecule has 1 saturated carbocycles. The first-order valence-electron chi connectivity index (χ1n) is 13.1. The standard InChI is InChI=1S/C25H35F3N6O6S/c1-3-40-21(35)13-31-24(11-20(24)23(37)30-12-17-5-4-10-34(14-17)15-32-29)22(36)16(2)33-41(38,39)19-8-6-18(7-9-19)25(26,27)28/h6-9,15-17,20,31,33H,3-5,10-14,29H2,1-2H3,(H,30,37)/t16-,17-,20?,24?/m0/s1. The molecule has 1 aromatic carbocycles. The van der Waals surface area contributed by atoms with Crippen molar-refractivity contribution in [3.63, 3.8) is 0 Å². The molecule has 1 aliphatic carbocycles. The van der Waals surface area contributed by atoms with Crippen LogP contribution in [0.4, 0.5) is 13.2 Å². The maximum atomic E-state index is 13.5. The third-order valence-electron chi connectivity index (χ3n) is 7.13. The highest BCUT2D eigenvalue weighted by atomic mass is 32.2. The molecule has 3 rings (SSSR count). The number of alkyl halides is 3. The van der Waals surface area contributed by atoms with Crippen molar-refractivity contribution in [1.29, 1.82) is 0 Å². The van der Waals surface area contributed by atoms with Gasteiger partial charge in [0.25, 0.3) is 0 Å². The Bertz CT molecular complexity index is 1240. The molecule has 1 heterocycles.